The molecule has 8 nitrogen and oxygen atoms in total. The Balaban J connectivity index is 1.83. The summed E-state index contributed by atoms with van der Waals surface area (Å²) < 4.78 is 21.1. The van der Waals surface area contributed by atoms with Gasteiger partial charge < -0.3 is 29.6 Å². The van der Waals surface area contributed by atoms with Crippen LogP contribution in [0.1, 0.15) is 22.8 Å². The van der Waals surface area contributed by atoms with Gasteiger partial charge in [-0.15, -0.1) is 0 Å². The first-order valence-corrected chi connectivity index (χ1v) is 9.56. The minimum Gasteiger partial charge on any atom is -0.377 e. The fraction of sp³-hybridized carbons (Fsp3) is 0.600. The van der Waals surface area contributed by atoms with Crippen LogP contribution in [-0.4, -0.2) is 77.8 Å². The highest BCUT2D eigenvalue weighted by molar-refractivity contribution is 5.94. The summed E-state index contributed by atoms with van der Waals surface area (Å²) in [4.78, 5) is 23.1. The molecule has 158 valence electrons. The van der Waals surface area contributed by atoms with Gasteiger partial charge in [0.25, 0.3) is 5.91 Å². The number of benzene rings is 1. The Hall–Kier alpha value is -2.00. The highest BCUT2D eigenvalue weighted by Crippen LogP contribution is 2.02. The van der Waals surface area contributed by atoms with E-state index < -0.39 is 0 Å². The lowest BCUT2D eigenvalue weighted by Gasteiger charge is -2.08. The van der Waals surface area contributed by atoms with Crippen LogP contribution in [0.15, 0.2) is 24.3 Å². The van der Waals surface area contributed by atoms with Gasteiger partial charge in [0.1, 0.15) is 6.61 Å². The van der Waals surface area contributed by atoms with Crippen molar-refractivity contribution in [3.63, 3.8) is 0 Å². The lowest BCUT2D eigenvalue weighted by molar-refractivity contribution is -0.125. The predicted octanol–water partition coefficient (Wildman–Crippen LogP) is 0.927. The van der Waals surface area contributed by atoms with Crippen LogP contribution in [0.5, 0.6) is 0 Å². The van der Waals surface area contributed by atoms with Gasteiger partial charge in [-0.3, -0.25) is 9.59 Å². The van der Waals surface area contributed by atoms with Gasteiger partial charge in [-0.1, -0.05) is 17.7 Å². The van der Waals surface area contributed by atoms with Crippen molar-refractivity contribution >= 4 is 11.8 Å². The van der Waals surface area contributed by atoms with Crippen LogP contribution in [0.25, 0.3) is 0 Å². The van der Waals surface area contributed by atoms with E-state index in [4.69, 9.17) is 18.9 Å². The molecule has 0 radical (unpaired) electrons. The molecule has 0 fully saturated rings. The Labute approximate surface area is 166 Å². The predicted molar refractivity (Wildman–Crippen MR) is 105 cm³/mol. The van der Waals surface area contributed by atoms with E-state index in [1.807, 2.05) is 26.0 Å². The van der Waals surface area contributed by atoms with Gasteiger partial charge in [-0.25, -0.2) is 0 Å². The number of carbonyl (C=O) groups is 2. The summed E-state index contributed by atoms with van der Waals surface area (Å²) in [6.07, 6.45) is 0. The van der Waals surface area contributed by atoms with Crippen molar-refractivity contribution in [1.29, 1.82) is 0 Å². The number of amides is 2. The first-order valence-electron chi connectivity index (χ1n) is 9.56. The van der Waals surface area contributed by atoms with E-state index in [-0.39, 0.29) is 18.4 Å². The zero-order valence-electron chi connectivity index (χ0n) is 16.8. The Kier molecular flexibility index (Phi) is 13.7. The Bertz CT molecular complexity index is 550. The molecule has 2 N–H and O–H groups in total. The van der Waals surface area contributed by atoms with Gasteiger partial charge >= 0.3 is 0 Å². The third-order valence-electron chi connectivity index (χ3n) is 3.60. The number of nitrogens with one attached hydrogen (secondary N) is 2. The van der Waals surface area contributed by atoms with Crippen molar-refractivity contribution in [1.82, 2.24) is 10.6 Å². The average molecular weight is 396 g/mol. The minimum atomic E-state index is -0.145. The van der Waals surface area contributed by atoms with E-state index in [0.717, 1.165) is 5.56 Å². The molecule has 1 aromatic rings. The number of hydrogen-bond acceptors (Lipinski definition) is 6. The highest BCUT2D eigenvalue weighted by Gasteiger charge is 2.03. The summed E-state index contributed by atoms with van der Waals surface area (Å²) >= 11 is 0. The molecular weight excluding hydrogens is 364 g/mol. The fourth-order valence-electron chi connectivity index (χ4n) is 2.09. The summed E-state index contributed by atoms with van der Waals surface area (Å²) in [5.74, 6) is -0.250. The van der Waals surface area contributed by atoms with Crippen LogP contribution < -0.4 is 10.6 Å². The zero-order chi connectivity index (χ0) is 20.5. The van der Waals surface area contributed by atoms with Crippen LogP contribution in [0.2, 0.25) is 0 Å². The standard InChI is InChI=1S/C20H32N2O6/c1-3-25-16-19(23)21-8-10-26-12-14-28-15-13-27-11-9-22-20(24)18-6-4-17(2)5-7-18/h4-7H,3,8-16H2,1-2H3,(H,21,23)(H,22,24). The quantitative estimate of drug-likeness (QED) is 0.404. The molecule has 1 aromatic carbocycles. The van der Waals surface area contributed by atoms with Gasteiger partial charge in [-0.2, -0.15) is 0 Å². The van der Waals surface area contributed by atoms with Gasteiger partial charge in [-0.05, 0) is 26.0 Å². The lowest BCUT2D eigenvalue weighted by Crippen LogP contribution is -2.30. The Morgan fingerprint density at radius 2 is 1.32 bits per heavy atom. The van der Waals surface area contributed by atoms with Crippen LogP contribution in [0.3, 0.4) is 0 Å². The summed E-state index contributed by atoms with van der Waals surface area (Å²) in [5.41, 5.74) is 1.76. The van der Waals surface area contributed by atoms with Crippen molar-refractivity contribution in [3.8, 4) is 0 Å². The largest absolute Gasteiger partial charge is 0.377 e. The van der Waals surface area contributed by atoms with Crippen molar-refractivity contribution in [3.05, 3.63) is 35.4 Å². The smallest absolute Gasteiger partial charge is 0.251 e. The van der Waals surface area contributed by atoms with Gasteiger partial charge in [0, 0.05) is 25.3 Å². The first-order chi connectivity index (χ1) is 13.6. The first kappa shape index (κ1) is 24.0. The van der Waals surface area contributed by atoms with Crippen molar-refractivity contribution in [2.75, 3.05) is 65.9 Å². The molecule has 1 rings (SSSR count). The van der Waals surface area contributed by atoms with E-state index in [1.165, 1.54) is 0 Å². The van der Waals surface area contributed by atoms with Gasteiger partial charge in [0.2, 0.25) is 5.91 Å². The zero-order valence-corrected chi connectivity index (χ0v) is 16.8. The maximum Gasteiger partial charge on any atom is 0.251 e. The van der Waals surface area contributed by atoms with E-state index in [9.17, 15) is 9.59 Å². The summed E-state index contributed by atoms with van der Waals surface area (Å²) in [6.45, 7) is 8.00. The van der Waals surface area contributed by atoms with E-state index in [2.05, 4.69) is 10.6 Å². The molecule has 0 atom stereocenters. The maximum atomic E-state index is 11.9. The molecule has 0 saturated heterocycles. The molecule has 0 aromatic heterocycles. The molecule has 8 heteroatoms. The molecule has 0 spiro atoms. The molecule has 0 heterocycles. The second-order valence-corrected chi connectivity index (χ2v) is 5.95. The number of aryl methyl sites for hydroxylation is 1. The SMILES string of the molecule is CCOCC(=O)NCCOCCOCCOCCNC(=O)c1ccc(C)cc1. The molecular formula is C20H32N2O6. The van der Waals surface area contributed by atoms with Crippen LogP contribution in [0, 0.1) is 6.92 Å². The van der Waals surface area contributed by atoms with E-state index in [0.29, 0.717) is 64.9 Å². The second-order valence-electron chi connectivity index (χ2n) is 5.95. The topological polar surface area (TPSA) is 95.1 Å². The van der Waals surface area contributed by atoms with Crippen molar-refractivity contribution in [2.24, 2.45) is 0 Å². The monoisotopic (exact) mass is 396 g/mol. The molecule has 0 bridgehead atoms. The molecule has 0 aliphatic heterocycles. The molecule has 0 unspecified atom stereocenters. The fourth-order valence-corrected chi connectivity index (χ4v) is 2.09. The third kappa shape index (κ3) is 12.4. The number of carbonyl (C=O) groups excluding carboxylic acids is 2. The second kappa shape index (κ2) is 16.0. The lowest BCUT2D eigenvalue weighted by atomic mass is 10.1. The maximum absolute atomic E-state index is 11.9. The van der Waals surface area contributed by atoms with Gasteiger partial charge in [0.05, 0.1) is 39.6 Å². The third-order valence-corrected chi connectivity index (χ3v) is 3.60. The summed E-state index contributed by atoms with van der Waals surface area (Å²) in [6, 6.07) is 7.42. The summed E-state index contributed by atoms with van der Waals surface area (Å²) in [7, 11) is 0. The Morgan fingerprint density at radius 1 is 0.786 bits per heavy atom. The van der Waals surface area contributed by atoms with Crippen LogP contribution in [0.4, 0.5) is 0 Å². The normalized spacial score (nSPS) is 10.6. The molecule has 28 heavy (non-hydrogen) atoms. The molecule has 0 aliphatic rings. The van der Waals surface area contributed by atoms with E-state index >= 15 is 0 Å². The van der Waals surface area contributed by atoms with Gasteiger partial charge in [0.15, 0.2) is 0 Å². The van der Waals surface area contributed by atoms with E-state index in [1.54, 1.807) is 12.1 Å². The number of rotatable bonds is 16. The Morgan fingerprint density at radius 3 is 1.89 bits per heavy atom. The average Bonchev–Trinajstić information content (AvgIpc) is 2.70. The number of hydrogen-bond donors (Lipinski definition) is 2. The van der Waals surface area contributed by atoms with Crippen LogP contribution in [-0.2, 0) is 23.7 Å². The minimum absolute atomic E-state index is 0.0786. The van der Waals surface area contributed by atoms with Crippen molar-refractivity contribution in [2.45, 2.75) is 13.8 Å². The molecule has 0 saturated carbocycles. The van der Waals surface area contributed by atoms with Crippen molar-refractivity contribution < 1.29 is 28.5 Å². The number of ether oxygens (including phenoxy) is 4. The van der Waals surface area contributed by atoms with Crippen LogP contribution >= 0.6 is 0 Å². The highest BCUT2D eigenvalue weighted by atomic mass is 16.5. The summed E-state index contributed by atoms with van der Waals surface area (Å²) in [5, 5.41) is 5.50. The molecule has 2 amide bonds. The molecule has 0 aliphatic carbocycles.